The lowest BCUT2D eigenvalue weighted by Gasteiger charge is -2.35. The molecule has 0 aliphatic carbocycles. The predicted octanol–water partition coefficient (Wildman–Crippen LogP) is 1.97. The molecule has 0 bridgehead atoms. The minimum absolute atomic E-state index is 0.0300. The van der Waals surface area contributed by atoms with E-state index in [2.05, 4.69) is 0 Å². The number of aryl methyl sites for hydroxylation is 1. The third-order valence-electron chi connectivity index (χ3n) is 4.78. The lowest BCUT2D eigenvalue weighted by molar-refractivity contribution is -0.136. The number of sulfonamides is 1. The summed E-state index contributed by atoms with van der Waals surface area (Å²) in [4.78, 5) is 14.9. The summed E-state index contributed by atoms with van der Waals surface area (Å²) in [5.41, 5.74) is 1.04. The zero-order valence-electron chi connectivity index (χ0n) is 14.0. The summed E-state index contributed by atoms with van der Waals surface area (Å²) in [5.74, 6) is 2.19. The summed E-state index contributed by atoms with van der Waals surface area (Å²) in [6, 6.07) is 6.95. The van der Waals surface area contributed by atoms with E-state index in [4.69, 9.17) is 0 Å². The summed E-state index contributed by atoms with van der Waals surface area (Å²) in [5, 5.41) is 0. The minimum atomic E-state index is -3.45. The van der Waals surface area contributed by atoms with Crippen LogP contribution in [0.3, 0.4) is 0 Å². The Morgan fingerprint density at radius 1 is 1.04 bits per heavy atom. The van der Waals surface area contributed by atoms with Crippen LogP contribution in [-0.2, 0) is 14.8 Å². The first-order chi connectivity index (χ1) is 11.5. The van der Waals surface area contributed by atoms with E-state index in [1.165, 1.54) is 4.31 Å². The average Bonchev–Trinajstić information content (AvgIpc) is 2.62. The van der Waals surface area contributed by atoms with Gasteiger partial charge in [-0.2, -0.15) is 16.1 Å². The number of piperidine rings is 1. The molecule has 24 heavy (non-hydrogen) atoms. The van der Waals surface area contributed by atoms with Crippen molar-refractivity contribution in [2.45, 2.75) is 24.7 Å². The van der Waals surface area contributed by atoms with Gasteiger partial charge in [0.05, 0.1) is 4.90 Å². The fourth-order valence-electron chi connectivity index (χ4n) is 3.24. The number of rotatable bonds is 3. The van der Waals surface area contributed by atoms with E-state index in [1.807, 2.05) is 35.7 Å². The fraction of sp³-hybridized carbons (Fsp3) is 0.588. The number of carbonyl (C=O) groups is 1. The molecule has 0 atom stereocenters. The number of nitrogens with zero attached hydrogens (tertiary/aromatic N) is 2. The van der Waals surface area contributed by atoms with Gasteiger partial charge in [0, 0.05) is 43.6 Å². The zero-order chi connectivity index (χ0) is 17.2. The van der Waals surface area contributed by atoms with Crippen LogP contribution in [0, 0.1) is 12.8 Å². The van der Waals surface area contributed by atoms with Gasteiger partial charge >= 0.3 is 0 Å². The smallest absolute Gasteiger partial charge is 0.243 e. The van der Waals surface area contributed by atoms with Gasteiger partial charge in [-0.1, -0.05) is 17.7 Å². The number of benzene rings is 1. The Balaban J connectivity index is 1.62. The summed E-state index contributed by atoms with van der Waals surface area (Å²) in [7, 11) is -3.45. The molecule has 7 heteroatoms. The second-order valence-electron chi connectivity index (χ2n) is 6.43. The highest BCUT2D eigenvalue weighted by Gasteiger charge is 2.34. The molecular weight excluding hydrogens is 344 g/mol. The lowest BCUT2D eigenvalue weighted by atomic mass is 9.96. The quantitative estimate of drug-likeness (QED) is 0.818. The van der Waals surface area contributed by atoms with E-state index in [-0.39, 0.29) is 11.8 Å². The Morgan fingerprint density at radius 2 is 1.62 bits per heavy atom. The Bertz CT molecular complexity index is 674. The Hall–Kier alpha value is -1.05. The molecule has 2 fully saturated rings. The van der Waals surface area contributed by atoms with Crippen molar-refractivity contribution in [3.8, 4) is 0 Å². The second kappa shape index (κ2) is 7.45. The third kappa shape index (κ3) is 3.78. The Kier molecular flexibility index (Phi) is 5.52. The Labute approximate surface area is 148 Å². The first-order valence-electron chi connectivity index (χ1n) is 8.42. The number of hydrogen-bond donors (Lipinski definition) is 0. The SMILES string of the molecule is Cc1ccc(S(=O)(=O)N2CCC(C(=O)N3CCSCC3)CC2)cc1. The van der Waals surface area contributed by atoms with Gasteiger partial charge in [-0.3, -0.25) is 4.79 Å². The average molecular weight is 369 g/mol. The van der Waals surface area contributed by atoms with Gasteiger partial charge in [-0.15, -0.1) is 0 Å². The van der Waals surface area contributed by atoms with Crippen molar-refractivity contribution in [2.24, 2.45) is 5.92 Å². The van der Waals surface area contributed by atoms with Crippen molar-refractivity contribution in [3.63, 3.8) is 0 Å². The van der Waals surface area contributed by atoms with E-state index >= 15 is 0 Å². The molecule has 1 amide bonds. The maximum atomic E-state index is 12.7. The highest BCUT2D eigenvalue weighted by atomic mass is 32.2. The molecule has 0 radical (unpaired) electrons. The molecule has 1 aromatic rings. The molecule has 2 saturated heterocycles. The van der Waals surface area contributed by atoms with Crippen LogP contribution in [0.1, 0.15) is 18.4 Å². The van der Waals surface area contributed by atoms with Gasteiger partial charge in [-0.25, -0.2) is 8.42 Å². The summed E-state index contributed by atoms with van der Waals surface area (Å²) < 4.78 is 26.9. The minimum Gasteiger partial charge on any atom is -0.341 e. The highest BCUT2D eigenvalue weighted by Crippen LogP contribution is 2.26. The third-order valence-corrected chi connectivity index (χ3v) is 7.64. The highest BCUT2D eigenvalue weighted by molar-refractivity contribution is 7.99. The van der Waals surface area contributed by atoms with Crippen molar-refractivity contribution in [1.29, 1.82) is 0 Å². The summed E-state index contributed by atoms with van der Waals surface area (Å²) in [6.07, 6.45) is 1.24. The van der Waals surface area contributed by atoms with Crippen molar-refractivity contribution in [3.05, 3.63) is 29.8 Å². The van der Waals surface area contributed by atoms with Crippen LogP contribution in [0.15, 0.2) is 29.2 Å². The van der Waals surface area contributed by atoms with Crippen LogP contribution in [-0.4, -0.2) is 61.2 Å². The van der Waals surface area contributed by atoms with E-state index in [1.54, 1.807) is 12.1 Å². The van der Waals surface area contributed by atoms with E-state index in [0.717, 1.165) is 30.2 Å². The molecule has 0 aromatic heterocycles. The topological polar surface area (TPSA) is 57.7 Å². The van der Waals surface area contributed by atoms with Gasteiger partial charge < -0.3 is 4.90 Å². The largest absolute Gasteiger partial charge is 0.341 e. The number of carbonyl (C=O) groups excluding carboxylic acids is 1. The first-order valence-corrected chi connectivity index (χ1v) is 11.0. The monoisotopic (exact) mass is 368 g/mol. The van der Waals surface area contributed by atoms with Gasteiger partial charge in [0.2, 0.25) is 15.9 Å². The predicted molar refractivity (Wildman–Crippen MR) is 96.6 cm³/mol. The molecule has 5 nitrogen and oxygen atoms in total. The van der Waals surface area contributed by atoms with Crippen LogP contribution in [0.5, 0.6) is 0 Å². The number of thioether (sulfide) groups is 1. The van der Waals surface area contributed by atoms with E-state index in [9.17, 15) is 13.2 Å². The maximum absolute atomic E-state index is 12.7. The van der Waals surface area contributed by atoms with Crippen LogP contribution >= 0.6 is 11.8 Å². The van der Waals surface area contributed by atoms with Gasteiger partial charge in [0.25, 0.3) is 0 Å². The Morgan fingerprint density at radius 3 is 2.21 bits per heavy atom. The molecule has 2 heterocycles. The van der Waals surface area contributed by atoms with E-state index in [0.29, 0.717) is 30.8 Å². The van der Waals surface area contributed by atoms with E-state index < -0.39 is 10.0 Å². The van der Waals surface area contributed by atoms with Gasteiger partial charge in [0.15, 0.2) is 0 Å². The zero-order valence-corrected chi connectivity index (χ0v) is 15.6. The first kappa shape index (κ1) is 17.8. The van der Waals surface area contributed by atoms with Crippen molar-refractivity contribution in [1.82, 2.24) is 9.21 Å². The van der Waals surface area contributed by atoms with Crippen molar-refractivity contribution in [2.75, 3.05) is 37.7 Å². The molecular formula is C17H24N2O3S2. The molecule has 2 aliphatic rings. The number of amides is 1. The molecule has 0 unspecified atom stereocenters. The normalized spacial score (nSPS) is 21.0. The van der Waals surface area contributed by atoms with Crippen LogP contribution in [0.25, 0.3) is 0 Å². The van der Waals surface area contributed by atoms with Crippen molar-refractivity contribution >= 4 is 27.7 Å². The van der Waals surface area contributed by atoms with Gasteiger partial charge in [-0.05, 0) is 31.9 Å². The molecule has 0 spiro atoms. The lowest BCUT2D eigenvalue weighted by Crippen LogP contribution is -2.46. The standard InChI is InChI=1S/C17H24N2O3S2/c1-14-2-4-16(5-3-14)24(21,22)19-8-6-15(7-9-19)17(20)18-10-12-23-13-11-18/h2-5,15H,6-13H2,1H3. The van der Waals surface area contributed by atoms with Gasteiger partial charge in [0.1, 0.15) is 0 Å². The maximum Gasteiger partial charge on any atom is 0.243 e. The molecule has 132 valence electrons. The molecule has 0 N–H and O–H groups in total. The molecule has 0 saturated carbocycles. The summed E-state index contributed by atoms with van der Waals surface area (Å²) in [6.45, 7) is 4.44. The summed E-state index contributed by atoms with van der Waals surface area (Å²) >= 11 is 1.88. The molecule has 3 rings (SSSR count). The van der Waals surface area contributed by atoms with Crippen LogP contribution < -0.4 is 0 Å². The van der Waals surface area contributed by atoms with Crippen LogP contribution in [0.2, 0.25) is 0 Å². The molecule has 1 aromatic carbocycles. The molecule has 2 aliphatic heterocycles. The van der Waals surface area contributed by atoms with Crippen molar-refractivity contribution < 1.29 is 13.2 Å². The fourth-order valence-corrected chi connectivity index (χ4v) is 5.62. The van der Waals surface area contributed by atoms with Crippen LogP contribution in [0.4, 0.5) is 0 Å². The number of hydrogen-bond acceptors (Lipinski definition) is 4. The second-order valence-corrected chi connectivity index (χ2v) is 9.59.